The van der Waals surface area contributed by atoms with Crippen molar-refractivity contribution in [1.29, 1.82) is 0 Å². The molecule has 0 aromatic rings. The Bertz CT molecular complexity index is 161. The molecular weight excluding hydrogens is 176 g/mol. The quantitative estimate of drug-likeness (QED) is 0.639. The van der Waals surface area contributed by atoms with Gasteiger partial charge in [-0.25, -0.2) is 0 Å². The molecule has 0 aliphatic heterocycles. The monoisotopic (exact) mass is 200 g/mol. The highest BCUT2D eigenvalue weighted by Gasteiger charge is 2.21. The summed E-state index contributed by atoms with van der Waals surface area (Å²) in [4.78, 5) is 2.29. The summed E-state index contributed by atoms with van der Waals surface area (Å²) < 4.78 is 0. The summed E-state index contributed by atoms with van der Waals surface area (Å²) >= 11 is 0. The van der Waals surface area contributed by atoms with Crippen LogP contribution >= 0.6 is 0 Å². The van der Waals surface area contributed by atoms with Crippen LogP contribution in [-0.4, -0.2) is 47.8 Å². The smallest absolute Gasteiger partial charge is 0.0718 e. The number of hydrogen-bond acceptors (Lipinski definition) is 3. The van der Waals surface area contributed by atoms with Crippen molar-refractivity contribution in [2.24, 2.45) is 0 Å². The van der Waals surface area contributed by atoms with Gasteiger partial charge in [0.15, 0.2) is 0 Å². The van der Waals surface area contributed by atoms with E-state index < -0.39 is 5.60 Å². The molecule has 3 nitrogen and oxygen atoms in total. The Labute approximate surface area is 87.5 Å². The lowest BCUT2D eigenvalue weighted by Crippen LogP contribution is -2.41. The molecule has 84 valence electrons. The first-order valence-electron chi connectivity index (χ1n) is 5.69. The topological polar surface area (TPSA) is 35.5 Å². The largest absolute Gasteiger partial charge is 0.389 e. The molecule has 1 fully saturated rings. The fraction of sp³-hybridized carbons (Fsp3) is 1.00. The van der Waals surface area contributed by atoms with Gasteiger partial charge in [0.2, 0.25) is 0 Å². The zero-order valence-corrected chi connectivity index (χ0v) is 9.71. The number of likely N-dealkylation sites (N-methyl/N-ethyl adjacent to an activating group) is 1. The van der Waals surface area contributed by atoms with E-state index in [-0.39, 0.29) is 0 Å². The molecule has 0 aromatic carbocycles. The third kappa shape index (κ3) is 5.58. The fourth-order valence-electron chi connectivity index (χ4n) is 1.61. The summed E-state index contributed by atoms with van der Waals surface area (Å²) in [6.45, 7) is 9.73. The van der Waals surface area contributed by atoms with Gasteiger partial charge in [0.25, 0.3) is 0 Å². The molecule has 1 rings (SSSR count). The molecule has 0 radical (unpaired) electrons. The van der Waals surface area contributed by atoms with Crippen molar-refractivity contribution in [3.63, 3.8) is 0 Å². The number of nitrogens with one attached hydrogen (secondary N) is 1. The summed E-state index contributed by atoms with van der Waals surface area (Å²) in [6, 6.07) is 0.788. The van der Waals surface area contributed by atoms with Crippen molar-refractivity contribution in [2.75, 3.05) is 26.2 Å². The SMILES string of the molecule is CCN(CCNC1CC1)CC(C)(C)O. The van der Waals surface area contributed by atoms with Crippen molar-refractivity contribution in [3.05, 3.63) is 0 Å². The second-order valence-electron chi connectivity index (χ2n) is 4.91. The maximum Gasteiger partial charge on any atom is 0.0718 e. The maximum atomic E-state index is 9.68. The third-order valence-electron chi connectivity index (χ3n) is 2.50. The predicted octanol–water partition coefficient (Wildman–Crippen LogP) is 0.831. The second kappa shape index (κ2) is 5.10. The third-order valence-corrected chi connectivity index (χ3v) is 2.50. The predicted molar refractivity (Wildman–Crippen MR) is 59.4 cm³/mol. The van der Waals surface area contributed by atoms with E-state index in [1.165, 1.54) is 12.8 Å². The first kappa shape index (κ1) is 12.0. The number of nitrogens with zero attached hydrogens (tertiary/aromatic N) is 1. The van der Waals surface area contributed by atoms with Gasteiger partial charge in [-0.3, -0.25) is 4.90 Å². The van der Waals surface area contributed by atoms with E-state index in [2.05, 4.69) is 17.1 Å². The van der Waals surface area contributed by atoms with Crippen LogP contribution in [0.1, 0.15) is 33.6 Å². The molecule has 1 saturated carbocycles. The molecule has 0 bridgehead atoms. The Balaban J connectivity index is 2.10. The lowest BCUT2D eigenvalue weighted by atomic mass is 10.1. The standard InChI is InChI=1S/C11H24N2O/c1-4-13(9-11(2,3)14)8-7-12-10-5-6-10/h10,12,14H,4-9H2,1-3H3. The average Bonchev–Trinajstić information content (AvgIpc) is 2.84. The van der Waals surface area contributed by atoms with Gasteiger partial charge in [0, 0.05) is 25.7 Å². The molecule has 1 aliphatic carbocycles. The van der Waals surface area contributed by atoms with E-state index in [0.717, 1.165) is 32.2 Å². The zero-order chi connectivity index (χ0) is 10.6. The van der Waals surface area contributed by atoms with Crippen molar-refractivity contribution >= 4 is 0 Å². The Morgan fingerprint density at radius 3 is 2.50 bits per heavy atom. The van der Waals surface area contributed by atoms with Gasteiger partial charge in [0.1, 0.15) is 0 Å². The minimum Gasteiger partial charge on any atom is -0.389 e. The normalized spacial score (nSPS) is 17.8. The molecule has 14 heavy (non-hydrogen) atoms. The summed E-state index contributed by atoms with van der Waals surface area (Å²) in [7, 11) is 0. The zero-order valence-electron chi connectivity index (χ0n) is 9.71. The Hall–Kier alpha value is -0.120. The van der Waals surface area contributed by atoms with Crippen LogP contribution in [0.25, 0.3) is 0 Å². The summed E-state index contributed by atoms with van der Waals surface area (Å²) in [5.41, 5.74) is -0.574. The Morgan fingerprint density at radius 1 is 1.43 bits per heavy atom. The molecule has 0 aromatic heterocycles. The van der Waals surface area contributed by atoms with Gasteiger partial charge >= 0.3 is 0 Å². The van der Waals surface area contributed by atoms with E-state index >= 15 is 0 Å². The minimum absolute atomic E-state index is 0.574. The summed E-state index contributed by atoms with van der Waals surface area (Å²) in [6.07, 6.45) is 2.69. The van der Waals surface area contributed by atoms with Gasteiger partial charge in [-0.1, -0.05) is 6.92 Å². The number of hydrogen-bond donors (Lipinski definition) is 2. The van der Waals surface area contributed by atoms with E-state index in [1.807, 2.05) is 13.8 Å². The van der Waals surface area contributed by atoms with E-state index in [4.69, 9.17) is 0 Å². The van der Waals surface area contributed by atoms with Crippen LogP contribution in [0, 0.1) is 0 Å². The number of rotatable bonds is 7. The van der Waals surface area contributed by atoms with Crippen LogP contribution < -0.4 is 5.32 Å². The van der Waals surface area contributed by atoms with Gasteiger partial charge in [0.05, 0.1) is 5.60 Å². The van der Waals surface area contributed by atoms with Crippen molar-refractivity contribution in [1.82, 2.24) is 10.2 Å². The highest BCUT2D eigenvalue weighted by Crippen LogP contribution is 2.18. The van der Waals surface area contributed by atoms with Crippen LogP contribution in [0.2, 0.25) is 0 Å². The Morgan fingerprint density at radius 2 is 2.07 bits per heavy atom. The van der Waals surface area contributed by atoms with Crippen molar-refractivity contribution < 1.29 is 5.11 Å². The summed E-state index contributed by atoms with van der Waals surface area (Å²) in [5.74, 6) is 0. The van der Waals surface area contributed by atoms with E-state index in [0.29, 0.717) is 0 Å². The van der Waals surface area contributed by atoms with E-state index in [1.54, 1.807) is 0 Å². The molecule has 0 unspecified atom stereocenters. The molecule has 0 atom stereocenters. The molecule has 0 heterocycles. The highest BCUT2D eigenvalue weighted by atomic mass is 16.3. The lowest BCUT2D eigenvalue weighted by molar-refractivity contribution is 0.0382. The van der Waals surface area contributed by atoms with Crippen LogP contribution in [0.15, 0.2) is 0 Å². The summed E-state index contributed by atoms with van der Waals surface area (Å²) in [5, 5.41) is 13.2. The van der Waals surface area contributed by atoms with Gasteiger partial charge < -0.3 is 10.4 Å². The second-order valence-corrected chi connectivity index (χ2v) is 4.91. The molecule has 0 amide bonds. The maximum absolute atomic E-state index is 9.68. The van der Waals surface area contributed by atoms with Crippen LogP contribution in [-0.2, 0) is 0 Å². The fourth-order valence-corrected chi connectivity index (χ4v) is 1.61. The van der Waals surface area contributed by atoms with Gasteiger partial charge in [-0.15, -0.1) is 0 Å². The van der Waals surface area contributed by atoms with Crippen LogP contribution in [0.4, 0.5) is 0 Å². The van der Waals surface area contributed by atoms with Gasteiger partial charge in [-0.05, 0) is 33.2 Å². The first-order valence-corrected chi connectivity index (χ1v) is 5.69. The molecule has 0 saturated heterocycles. The highest BCUT2D eigenvalue weighted by molar-refractivity contribution is 4.81. The molecule has 2 N–H and O–H groups in total. The molecule has 1 aliphatic rings. The van der Waals surface area contributed by atoms with Crippen molar-refractivity contribution in [3.8, 4) is 0 Å². The Kier molecular flexibility index (Phi) is 4.35. The molecular formula is C11H24N2O. The first-order chi connectivity index (χ1) is 6.51. The van der Waals surface area contributed by atoms with Crippen molar-refractivity contribution in [2.45, 2.75) is 45.3 Å². The molecule has 0 spiro atoms. The average molecular weight is 200 g/mol. The minimum atomic E-state index is -0.574. The van der Waals surface area contributed by atoms with Gasteiger partial charge in [-0.2, -0.15) is 0 Å². The van der Waals surface area contributed by atoms with Crippen LogP contribution in [0.5, 0.6) is 0 Å². The van der Waals surface area contributed by atoms with E-state index in [9.17, 15) is 5.11 Å². The molecule has 3 heteroatoms. The van der Waals surface area contributed by atoms with Crippen LogP contribution in [0.3, 0.4) is 0 Å². The number of aliphatic hydroxyl groups is 1. The lowest BCUT2D eigenvalue weighted by Gasteiger charge is -2.27.